The fraction of sp³-hybridized carbons (Fsp3) is 0.900. The monoisotopic (exact) mass is 169 g/mol. The first-order valence-corrected chi connectivity index (χ1v) is 4.54. The summed E-state index contributed by atoms with van der Waals surface area (Å²) in [7, 11) is 1.97. The second-order valence-electron chi connectivity index (χ2n) is 4.70. The highest BCUT2D eigenvalue weighted by Crippen LogP contribution is 2.53. The summed E-state index contributed by atoms with van der Waals surface area (Å²) in [5, 5.41) is 3.27. The van der Waals surface area contributed by atoms with Crippen LogP contribution in [0.15, 0.2) is 0 Å². The van der Waals surface area contributed by atoms with Crippen LogP contribution in [0.1, 0.15) is 34.1 Å². The summed E-state index contributed by atoms with van der Waals surface area (Å²) in [6.45, 7) is 7.96. The average molecular weight is 169 g/mol. The van der Waals surface area contributed by atoms with Gasteiger partial charge in [-0.1, -0.05) is 13.8 Å². The summed E-state index contributed by atoms with van der Waals surface area (Å²) < 4.78 is 0. The Balaban J connectivity index is 2.69. The summed E-state index contributed by atoms with van der Waals surface area (Å²) in [4.78, 5) is 11.3. The second kappa shape index (κ2) is 2.56. The minimum absolute atomic E-state index is 0.155. The second-order valence-corrected chi connectivity index (χ2v) is 4.70. The van der Waals surface area contributed by atoms with Crippen molar-refractivity contribution in [2.75, 3.05) is 7.05 Å². The van der Waals surface area contributed by atoms with Crippen molar-refractivity contribution in [1.82, 2.24) is 5.32 Å². The highest BCUT2D eigenvalue weighted by atomic mass is 16.1. The predicted molar refractivity (Wildman–Crippen MR) is 50.0 cm³/mol. The lowest BCUT2D eigenvalue weighted by atomic mass is 9.81. The quantitative estimate of drug-likeness (QED) is 0.695. The Morgan fingerprint density at radius 3 is 2.33 bits per heavy atom. The first kappa shape index (κ1) is 9.72. The van der Waals surface area contributed by atoms with Crippen molar-refractivity contribution in [3.8, 4) is 0 Å². The Kier molecular flexibility index (Phi) is 2.07. The third-order valence-corrected chi connectivity index (χ3v) is 3.59. The molecule has 1 rings (SSSR count). The van der Waals surface area contributed by atoms with Crippen LogP contribution < -0.4 is 5.32 Å². The molecule has 0 amide bonds. The number of rotatable bonds is 3. The van der Waals surface area contributed by atoms with Crippen LogP contribution in [-0.2, 0) is 4.79 Å². The largest absolute Gasteiger partial charge is 0.314 e. The molecule has 0 aromatic carbocycles. The van der Waals surface area contributed by atoms with E-state index in [1.165, 1.54) is 0 Å². The van der Waals surface area contributed by atoms with Gasteiger partial charge in [0.15, 0.2) is 0 Å². The van der Waals surface area contributed by atoms with Gasteiger partial charge >= 0.3 is 0 Å². The number of carbonyl (C=O) groups excluding carboxylic acids is 1. The highest BCUT2D eigenvalue weighted by Gasteiger charge is 2.57. The molecule has 0 radical (unpaired) electrons. The molecule has 12 heavy (non-hydrogen) atoms. The summed E-state index contributed by atoms with van der Waals surface area (Å²) in [6.07, 6.45) is 1.12. The molecule has 0 aromatic rings. The molecule has 1 N–H and O–H groups in total. The fourth-order valence-corrected chi connectivity index (χ4v) is 1.94. The highest BCUT2D eigenvalue weighted by molar-refractivity contribution is 5.82. The van der Waals surface area contributed by atoms with Gasteiger partial charge in [-0.2, -0.15) is 0 Å². The van der Waals surface area contributed by atoms with Gasteiger partial charge < -0.3 is 5.32 Å². The van der Waals surface area contributed by atoms with Crippen LogP contribution in [0, 0.1) is 11.3 Å². The maximum Gasteiger partial charge on any atom is 0.135 e. The van der Waals surface area contributed by atoms with E-state index in [1.54, 1.807) is 6.92 Å². The zero-order chi connectivity index (χ0) is 9.57. The van der Waals surface area contributed by atoms with Crippen molar-refractivity contribution in [2.24, 2.45) is 11.3 Å². The number of Topliss-reactive ketones (excluding diaryl/α,β-unsaturated/α-hetero) is 1. The summed E-state index contributed by atoms with van der Waals surface area (Å²) in [5.41, 5.74) is 0.0485. The van der Waals surface area contributed by atoms with Crippen molar-refractivity contribution in [3.05, 3.63) is 0 Å². The predicted octanol–water partition coefficient (Wildman–Crippen LogP) is 1.60. The molecule has 0 saturated heterocycles. The van der Waals surface area contributed by atoms with Gasteiger partial charge in [0.05, 0.1) is 0 Å². The van der Waals surface area contributed by atoms with E-state index in [2.05, 4.69) is 12.2 Å². The molecule has 0 aliphatic heterocycles. The van der Waals surface area contributed by atoms with E-state index in [0.717, 1.165) is 6.42 Å². The first-order valence-electron chi connectivity index (χ1n) is 4.54. The number of nitrogens with one attached hydrogen (secondary N) is 1. The maximum absolute atomic E-state index is 11.3. The molecule has 1 aliphatic carbocycles. The minimum Gasteiger partial charge on any atom is -0.314 e. The Labute approximate surface area is 74.7 Å². The number of ketones is 1. The molecule has 1 fully saturated rings. The van der Waals surface area contributed by atoms with Crippen LogP contribution in [0.4, 0.5) is 0 Å². The van der Waals surface area contributed by atoms with E-state index < -0.39 is 0 Å². The molecule has 0 aromatic heterocycles. The number of carbonyl (C=O) groups is 1. The average Bonchev–Trinajstić information content (AvgIpc) is 2.64. The Hall–Kier alpha value is -0.370. The lowest BCUT2D eigenvalue weighted by Crippen LogP contribution is -2.34. The zero-order valence-corrected chi connectivity index (χ0v) is 8.69. The molecule has 2 nitrogen and oxygen atoms in total. The van der Waals surface area contributed by atoms with E-state index in [9.17, 15) is 4.79 Å². The van der Waals surface area contributed by atoms with Crippen LogP contribution in [0.2, 0.25) is 0 Å². The third-order valence-electron chi connectivity index (χ3n) is 3.59. The normalized spacial score (nSPS) is 34.9. The Morgan fingerprint density at radius 1 is 1.58 bits per heavy atom. The zero-order valence-electron chi connectivity index (χ0n) is 8.69. The Morgan fingerprint density at radius 2 is 2.08 bits per heavy atom. The van der Waals surface area contributed by atoms with Crippen LogP contribution in [0.25, 0.3) is 0 Å². The third kappa shape index (κ3) is 1.28. The topological polar surface area (TPSA) is 29.1 Å². The van der Waals surface area contributed by atoms with Crippen LogP contribution in [-0.4, -0.2) is 18.4 Å². The molecule has 2 heteroatoms. The molecule has 70 valence electrons. The molecule has 0 bridgehead atoms. The fourth-order valence-electron chi connectivity index (χ4n) is 1.94. The van der Waals surface area contributed by atoms with Gasteiger partial charge in [-0.3, -0.25) is 4.79 Å². The van der Waals surface area contributed by atoms with Crippen LogP contribution in [0.3, 0.4) is 0 Å². The molecule has 2 unspecified atom stereocenters. The van der Waals surface area contributed by atoms with Crippen LogP contribution in [0.5, 0.6) is 0 Å². The van der Waals surface area contributed by atoms with Gasteiger partial charge in [-0.15, -0.1) is 0 Å². The van der Waals surface area contributed by atoms with Gasteiger partial charge in [-0.25, -0.2) is 0 Å². The first-order chi connectivity index (χ1) is 5.34. The van der Waals surface area contributed by atoms with Crippen molar-refractivity contribution in [3.63, 3.8) is 0 Å². The van der Waals surface area contributed by atoms with Crippen molar-refractivity contribution in [2.45, 2.75) is 39.7 Å². The van der Waals surface area contributed by atoms with E-state index in [4.69, 9.17) is 0 Å². The standard InChI is InChI=1S/C10H19NO/c1-7(12)9(2,3)8-6-10(8,4)11-5/h8,11H,6H2,1-5H3. The molecule has 0 spiro atoms. The lowest BCUT2D eigenvalue weighted by Gasteiger charge is -2.24. The SMILES string of the molecule is CNC1(C)CC1C(C)(C)C(C)=O. The molecular formula is C10H19NO. The van der Waals surface area contributed by atoms with E-state index in [0.29, 0.717) is 11.7 Å². The van der Waals surface area contributed by atoms with Crippen molar-refractivity contribution in [1.29, 1.82) is 0 Å². The van der Waals surface area contributed by atoms with Crippen molar-refractivity contribution >= 4 is 5.78 Å². The minimum atomic E-state index is -0.155. The van der Waals surface area contributed by atoms with Gasteiger partial charge in [0.25, 0.3) is 0 Å². The number of hydrogen-bond donors (Lipinski definition) is 1. The van der Waals surface area contributed by atoms with Gasteiger partial charge in [0, 0.05) is 11.0 Å². The smallest absolute Gasteiger partial charge is 0.135 e. The van der Waals surface area contributed by atoms with Crippen LogP contribution >= 0.6 is 0 Å². The molecule has 0 heterocycles. The van der Waals surface area contributed by atoms with E-state index in [-0.39, 0.29) is 11.0 Å². The van der Waals surface area contributed by atoms with Gasteiger partial charge in [-0.05, 0) is 33.2 Å². The molecular weight excluding hydrogens is 150 g/mol. The van der Waals surface area contributed by atoms with Gasteiger partial charge in [0.2, 0.25) is 0 Å². The maximum atomic E-state index is 11.3. The number of hydrogen-bond acceptors (Lipinski definition) is 2. The molecule has 1 aliphatic rings. The van der Waals surface area contributed by atoms with E-state index >= 15 is 0 Å². The summed E-state index contributed by atoms with van der Waals surface area (Å²) in [6, 6.07) is 0. The van der Waals surface area contributed by atoms with Gasteiger partial charge in [0.1, 0.15) is 5.78 Å². The van der Waals surface area contributed by atoms with E-state index in [1.807, 2.05) is 20.9 Å². The molecule has 1 saturated carbocycles. The lowest BCUT2D eigenvalue weighted by molar-refractivity contribution is -0.126. The molecule has 2 atom stereocenters. The summed E-state index contributed by atoms with van der Waals surface area (Å²) >= 11 is 0. The summed E-state index contributed by atoms with van der Waals surface area (Å²) in [5.74, 6) is 0.805. The Bertz CT molecular complexity index is 210. The van der Waals surface area contributed by atoms with Crippen molar-refractivity contribution < 1.29 is 4.79 Å².